The van der Waals surface area contributed by atoms with Gasteiger partial charge < -0.3 is 15.4 Å². The van der Waals surface area contributed by atoms with Crippen LogP contribution in [0.2, 0.25) is 0 Å². The molecule has 5 nitrogen and oxygen atoms in total. The number of ether oxygens (including phenoxy) is 1. The first-order chi connectivity index (χ1) is 7.79. The quantitative estimate of drug-likeness (QED) is 0.791. The summed E-state index contributed by atoms with van der Waals surface area (Å²) < 4.78 is 5.05. The summed E-state index contributed by atoms with van der Waals surface area (Å²) in [5, 5.41) is 5.90. The van der Waals surface area contributed by atoms with Crippen molar-refractivity contribution in [3.05, 3.63) is 18.3 Å². The number of aromatic nitrogens is 1. The monoisotopic (exact) mass is 221 g/mol. The van der Waals surface area contributed by atoms with Crippen molar-refractivity contribution in [2.24, 2.45) is 0 Å². The van der Waals surface area contributed by atoms with Crippen molar-refractivity contribution in [2.45, 2.75) is 18.9 Å². The SMILES string of the molecule is COc1ccnc(NC(=O)[C@@H]2CCCN2)c1. The second kappa shape index (κ2) is 4.94. The van der Waals surface area contributed by atoms with Gasteiger partial charge in [-0.2, -0.15) is 0 Å². The molecule has 1 saturated heterocycles. The van der Waals surface area contributed by atoms with E-state index in [0.717, 1.165) is 19.4 Å². The molecule has 0 bridgehead atoms. The van der Waals surface area contributed by atoms with Crippen LogP contribution in [0.4, 0.5) is 5.82 Å². The van der Waals surface area contributed by atoms with Gasteiger partial charge in [0.05, 0.1) is 13.2 Å². The Morgan fingerprint density at radius 1 is 1.69 bits per heavy atom. The Labute approximate surface area is 94.2 Å². The summed E-state index contributed by atoms with van der Waals surface area (Å²) in [5.41, 5.74) is 0. The van der Waals surface area contributed by atoms with E-state index in [9.17, 15) is 4.79 Å². The fourth-order valence-corrected chi connectivity index (χ4v) is 1.73. The van der Waals surface area contributed by atoms with Crippen LogP contribution < -0.4 is 15.4 Å². The average Bonchev–Trinajstić information content (AvgIpc) is 2.83. The Kier molecular flexibility index (Phi) is 3.36. The van der Waals surface area contributed by atoms with Gasteiger partial charge >= 0.3 is 0 Å². The molecule has 1 fully saturated rings. The Morgan fingerprint density at radius 3 is 3.25 bits per heavy atom. The van der Waals surface area contributed by atoms with Crippen molar-refractivity contribution in [1.29, 1.82) is 0 Å². The molecule has 0 saturated carbocycles. The lowest BCUT2D eigenvalue weighted by Gasteiger charge is -2.10. The molecule has 1 atom stereocenters. The summed E-state index contributed by atoms with van der Waals surface area (Å²) in [6.45, 7) is 0.906. The second-order valence-corrected chi connectivity index (χ2v) is 3.72. The second-order valence-electron chi connectivity index (χ2n) is 3.72. The zero-order chi connectivity index (χ0) is 11.4. The number of hydrogen-bond donors (Lipinski definition) is 2. The topological polar surface area (TPSA) is 63.2 Å². The van der Waals surface area contributed by atoms with Crippen LogP contribution in [-0.2, 0) is 4.79 Å². The molecule has 86 valence electrons. The Hall–Kier alpha value is -1.62. The molecular weight excluding hydrogens is 206 g/mol. The zero-order valence-corrected chi connectivity index (χ0v) is 9.19. The minimum atomic E-state index is -0.0898. The van der Waals surface area contributed by atoms with Crippen LogP contribution in [0.25, 0.3) is 0 Å². The average molecular weight is 221 g/mol. The van der Waals surface area contributed by atoms with Gasteiger partial charge in [0.1, 0.15) is 11.6 Å². The summed E-state index contributed by atoms with van der Waals surface area (Å²) in [6.07, 6.45) is 3.54. The van der Waals surface area contributed by atoms with E-state index in [2.05, 4.69) is 15.6 Å². The molecule has 1 aromatic rings. The summed E-state index contributed by atoms with van der Waals surface area (Å²) in [7, 11) is 1.58. The third-order valence-electron chi connectivity index (χ3n) is 2.60. The van der Waals surface area contributed by atoms with Crippen LogP contribution in [0, 0.1) is 0 Å². The molecule has 1 aromatic heterocycles. The van der Waals surface area contributed by atoms with Crippen molar-refractivity contribution in [3.63, 3.8) is 0 Å². The number of anilines is 1. The van der Waals surface area contributed by atoms with Crippen molar-refractivity contribution in [3.8, 4) is 5.75 Å². The van der Waals surface area contributed by atoms with Gasteiger partial charge in [-0.05, 0) is 25.5 Å². The van der Waals surface area contributed by atoms with E-state index in [1.54, 1.807) is 25.4 Å². The zero-order valence-electron chi connectivity index (χ0n) is 9.19. The number of nitrogens with one attached hydrogen (secondary N) is 2. The highest BCUT2D eigenvalue weighted by atomic mass is 16.5. The molecule has 0 aliphatic carbocycles. The van der Waals surface area contributed by atoms with E-state index < -0.39 is 0 Å². The van der Waals surface area contributed by atoms with Gasteiger partial charge in [0.2, 0.25) is 5.91 Å². The molecule has 16 heavy (non-hydrogen) atoms. The van der Waals surface area contributed by atoms with Gasteiger partial charge in [0.25, 0.3) is 0 Å². The van der Waals surface area contributed by atoms with Crippen LogP contribution in [0.5, 0.6) is 5.75 Å². The predicted molar refractivity (Wildman–Crippen MR) is 60.4 cm³/mol. The summed E-state index contributed by atoms with van der Waals surface area (Å²) in [6, 6.07) is 3.35. The number of amides is 1. The van der Waals surface area contributed by atoms with Crippen LogP contribution in [0.1, 0.15) is 12.8 Å². The molecule has 0 spiro atoms. The van der Waals surface area contributed by atoms with Gasteiger partial charge in [0, 0.05) is 12.3 Å². The van der Waals surface area contributed by atoms with E-state index in [1.165, 1.54) is 0 Å². The van der Waals surface area contributed by atoms with Gasteiger partial charge in [-0.15, -0.1) is 0 Å². The molecule has 0 unspecified atom stereocenters. The predicted octanol–water partition coefficient (Wildman–Crippen LogP) is 0.781. The molecule has 0 aromatic carbocycles. The van der Waals surface area contributed by atoms with E-state index in [1.807, 2.05) is 0 Å². The van der Waals surface area contributed by atoms with Gasteiger partial charge in [-0.25, -0.2) is 4.98 Å². The first kappa shape index (κ1) is 10.9. The maximum absolute atomic E-state index is 11.8. The molecule has 1 aliphatic heterocycles. The molecule has 1 amide bonds. The Bertz CT molecular complexity index is 375. The number of carbonyl (C=O) groups excluding carboxylic acids is 1. The lowest BCUT2D eigenvalue weighted by Crippen LogP contribution is -2.35. The molecule has 0 radical (unpaired) electrons. The number of carbonyl (C=O) groups is 1. The summed E-state index contributed by atoms with van der Waals surface area (Å²) in [4.78, 5) is 15.8. The fourth-order valence-electron chi connectivity index (χ4n) is 1.73. The highest BCUT2D eigenvalue weighted by molar-refractivity contribution is 5.94. The molecule has 2 rings (SSSR count). The molecule has 5 heteroatoms. The summed E-state index contributed by atoms with van der Waals surface area (Å²) >= 11 is 0. The summed E-state index contributed by atoms with van der Waals surface area (Å²) in [5.74, 6) is 1.18. The largest absolute Gasteiger partial charge is 0.497 e. The lowest BCUT2D eigenvalue weighted by molar-refractivity contribution is -0.117. The first-order valence-electron chi connectivity index (χ1n) is 5.34. The van der Waals surface area contributed by atoms with E-state index in [0.29, 0.717) is 11.6 Å². The highest BCUT2D eigenvalue weighted by Crippen LogP contribution is 2.14. The highest BCUT2D eigenvalue weighted by Gasteiger charge is 2.22. The Balaban J connectivity index is 1.99. The van der Waals surface area contributed by atoms with Crippen molar-refractivity contribution >= 4 is 11.7 Å². The van der Waals surface area contributed by atoms with Crippen LogP contribution in [-0.4, -0.2) is 30.6 Å². The Morgan fingerprint density at radius 2 is 2.56 bits per heavy atom. The number of methoxy groups -OCH3 is 1. The van der Waals surface area contributed by atoms with E-state index in [4.69, 9.17) is 4.74 Å². The van der Waals surface area contributed by atoms with Crippen molar-refractivity contribution in [2.75, 3.05) is 19.0 Å². The van der Waals surface area contributed by atoms with E-state index in [-0.39, 0.29) is 11.9 Å². The van der Waals surface area contributed by atoms with Gasteiger partial charge in [-0.1, -0.05) is 0 Å². The van der Waals surface area contributed by atoms with Crippen LogP contribution >= 0.6 is 0 Å². The molecule has 1 aliphatic rings. The van der Waals surface area contributed by atoms with Crippen LogP contribution in [0.3, 0.4) is 0 Å². The number of nitrogens with zero attached hydrogens (tertiary/aromatic N) is 1. The number of rotatable bonds is 3. The normalized spacial score (nSPS) is 19.4. The lowest BCUT2D eigenvalue weighted by atomic mass is 10.2. The first-order valence-corrected chi connectivity index (χ1v) is 5.34. The van der Waals surface area contributed by atoms with Gasteiger partial charge in [0.15, 0.2) is 0 Å². The maximum atomic E-state index is 11.8. The maximum Gasteiger partial charge on any atom is 0.242 e. The molecule has 2 heterocycles. The third-order valence-corrected chi connectivity index (χ3v) is 2.60. The van der Waals surface area contributed by atoms with Gasteiger partial charge in [-0.3, -0.25) is 4.79 Å². The standard InChI is InChI=1S/C11H15N3O2/c1-16-8-4-6-13-10(7-8)14-11(15)9-3-2-5-12-9/h4,6-7,9,12H,2-3,5H2,1H3,(H,13,14,15)/t9-/m0/s1. The van der Waals surface area contributed by atoms with Crippen LogP contribution in [0.15, 0.2) is 18.3 Å². The van der Waals surface area contributed by atoms with Crippen molar-refractivity contribution < 1.29 is 9.53 Å². The molecule has 2 N–H and O–H groups in total. The third kappa shape index (κ3) is 2.49. The van der Waals surface area contributed by atoms with E-state index >= 15 is 0 Å². The smallest absolute Gasteiger partial charge is 0.242 e. The fraction of sp³-hybridized carbons (Fsp3) is 0.455. The number of hydrogen-bond acceptors (Lipinski definition) is 4. The number of pyridine rings is 1. The van der Waals surface area contributed by atoms with Crippen molar-refractivity contribution in [1.82, 2.24) is 10.3 Å². The minimum Gasteiger partial charge on any atom is -0.497 e. The molecular formula is C11H15N3O2. The minimum absolute atomic E-state index is 0.0294.